The van der Waals surface area contributed by atoms with E-state index in [0.29, 0.717) is 11.4 Å². The number of aromatic nitrogens is 1. The summed E-state index contributed by atoms with van der Waals surface area (Å²) in [5, 5.41) is 8.82. The largest absolute Gasteiger partial charge is 0.478 e. The van der Waals surface area contributed by atoms with Crippen molar-refractivity contribution < 1.29 is 9.90 Å². The zero-order valence-corrected chi connectivity index (χ0v) is 9.34. The summed E-state index contributed by atoms with van der Waals surface area (Å²) >= 11 is 0. The van der Waals surface area contributed by atoms with Gasteiger partial charge in [-0.15, -0.1) is 0 Å². The Kier molecular flexibility index (Phi) is 2.78. The van der Waals surface area contributed by atoms with Crippen LogP contribution >= 0.6 is 0 Å². The number of pyridine rings is 1. The zero-order valence-electron chi connectivity index (χ0n) is 9.34. The number of nitrogens with two attached hydrogens (primary N) is 1. The van der Waals surface area contributed by atoms with Gasteiger partial charge in [-0.25, -0.2) is 4.79 Å². The number of nitrogens with zero attached hydrogens (tertiary/aromatic N) is 1. The number of carboxylic acids is 1. The van der Waals surface area contributed by atoms with Gasteiger partial charge in [-0.2, -0.15) is 0 Å². The van der Waals surface area contributed by atoms with Crippen LogP contribution < -0.4 is 5.73 Å². The highest BCUT2D eigenvalue weighted by molar-refractivity contribution is 5.90. The van der Waals surface area contributed by atoms with Gasteiger partial charge < -0.3 is 10.8 Å². The Labute approximate surface area is 98.7 Å². The van der Waals surface area contributed by atoms with Crippen molar-refractivity contribution in [3.05, 3.63) is 47.7 Å². The van der Waals surface area contributed by atoms with Crippen LogP contribution in [0.2, 0.25) is 0 Å². The number of aryl methyl sites for hydroxylation is 1. The molecule has 0 aliphatic carbocycles. The molecule has 86 valence electrons. The van der Waals surface area contributed by atoms with Crippen LogP contribution in [-0.2, 0) is 0 Å². The fraction of sp³-hybridized carbons (Fsp3) is 0.0769. The molecule has 4 heteroatoms. The number of hydrogen-bond donors (Lipinski definition) is 2. The van der Waals surface area contributed by atoms with E-state index in [1.54, 1.807) is 0 Å². The molecule has 3 N–H and O–H groups in total. The number of carboxylic acid groups (broad SMARTS) is 1. The quantitative estimate of drug-likeness (QED) is 0.827. The minimum Gasteiger partial charge on any atom is -0.478 e. The van der Waals surface area contributed by atoms with Crippen LogP contribution in [0.1, 0.15) is 15.9 Å². The third kappa shape index (κ3) is 2.25. The minimum absolute atomic E-state index is 0.0962. The lowest BCUT2D eigenvalue weighted by molar-refractivity contribution is 0.0696. The zero-order chi connectivity index (χ0) is 12.4. The van der Waals surface area contributed by atoms with Gasteiger partial charge in [-0.05, 0) is 19.1 Å². The molecule has 17 heavy (non-hydrogen) atoms. The molecule has 1 aromatic heterocycles. The van der Waals surface area contributed by atoms with Gasteiger partial charge in [0.05, 0.1) is 16.9 Å². The van der Waals surface area contributed by atoms with Crippen molar-refractivity contribution in [1.82, 2.24) is 4.98 Å². The molecular formula is C13H12N2O2. The molecule has 1 aromatic carbocycles. The second-order valence-electron chi connectivity index (χ2n) is 3.84. The van der Waals surface area contributed by atoms with E-state index >= 15 is 0 Å². The van der Waals surface area contributed by atoms with Crippen LogP contribution in [0, 0.1) is 6.92 Å². The van der Waals surface area contributed by atoms with Crippen molar-refractivity contribution in [3.63, 3.8) is 0 Å². The maximum Gasteiger partial charge on any atom is 0.337 e. The number of carbonyl (C=O) groups is 1. The molecule has 0 amide bonds. The second kappa shape index (κ2) is 4.25. The smallest absolute Gasteiger partial charge is 0.337 e. The van der Waals surface area contributed by atoms with Crippen LogP contribution in [0.5, 0.6) is 0 Å². The molecule has 0 aliphatic rings. The lowest BCUT2D eigenvalue weighted by Crippen LogP contribution is -2.01. The first-order valence-corrected chi connectivity index (χ1v) is 5.14. The van der Waals surface area contributed by atoms with Gasteiger partial charge in [0.2, 0.25) is 0 Å². The summed E-state index contributed by atoms with van der Waals surface area (Å²) in [6.45, 7) is 1.98. The molecule has 0 bridgehead atoms. The third-order valence-corrected chi connectivity index (χ3v) is 2.46. The molecule has 0 saturated carbocycles. The van der Waals surface area contributed by atoms with E-state index in [1.165, 1.54) is 12.3 Å². The fourth-order valence-electron chi connectivity index (χ4n) is 1.63. The molecule has 2 aromatic rings. The van der Waals surface area contributed by atoms with Crippen molar-refractivity contribution in [1.29, 1.82) is 0 Å². The molecule has 0 unspecified atom stereocenters. The van der Waals surface area contributed by atoms with Gasteiger partial charge in [0.15, 0.2) is 0 Å². The van der Waals surface area contributed by atoms with E-state index in [-0.39, 0.29) is 5.56 Å². The molecule has 0 fully saturated rings. The Morgan fingerprint density at radius 1 is 1.35 bits per heavy atom. The number of nitrogen functional groups attached to an aromatic ring is 1. The number of aromatic carboxylic acids is 1. The van der Waals surface area contributed by atoms with E-state index < -0.39 is 5.97 Å². The summed E-state index contributed by atoms with van der Waals surface area (Å²) in [6, 6.07) is 9.17. The molecule has 4 nitrogen and oxygen atoms in total. The van der Waals surface area contributed by atoms with E-state index in [0.717, 1.165) is 11.1 Å². The van der Waals surface area contributed by atoms with Crippen LogP contribution in [0.4, 0.5) is 5.69 Å². The summed E-state index contributed by atoms with van der Waals surface area (Å²) in [6.07, 6.45) is 1.32. The molecule has 0 spiro atoms. The average Bonchev–Trinajstić information content (AvgIpc) is 2.28. The van der Waals surface area contributed by atoms with Crippen molar-refractivity contribution in [2.75, 3.05) is 5.73 Å². The van der Waals surface area contributed by atoms with Gasteiger partial charge in [0.1, 0.15) is 0 Å². The Morgan fingerprint density at radius 3 is 2.71 bits per heavy atom. The van der Waals surface area contributed by atoms with Crippen LogP contribution in [-0.4, -0.2) is 16.1 Å². The first kappa shape index (κ1) is 11.1. The predicted molar refractivity (Wildman–Crippen MR) is 65.8 cm³/mol. The SMILES string of the molecule is Cc1cccc(-c2ncc(C(=O)O)cc2N)c1. The molecular weight excluding hydrogens is 216 g/mol. The molecule has 2 rings (SSSR count). The van der Waals surface area contributed by atoms with Gasteiger partial charge in [-0.3, -0.25) is 4.98 Å². The van der Waals surface area contributed by atoms with E-state index in [4.69, 9.17) is 10.8 Å². The number of benzene rings is 1. The van der Waals surface area contributed by atoms with Crippen LogP contribution in [0.3, 0.4) is 0 Å². The standard InChI is InChI=1S/C13H12N2O2/c1-8-3-2-4-9(5-8)12-11(14)6-10(7-15-12)13(16)17/h2-7H,14H2,1H3,(H,16,17). The minimum atomic E-state index is -1.03. The highest BCUT2D eigenvalue weighted by Gasteiger charge is 2.09. The first-order valence-electron chi connectivity index (χ1n) is 5.14. The van der Waals surface area contributed by atoms with Gasteiger partial charge in [0, 0.05) is 11.8 Å². The van der Waals surface area contributed by atoms with Gasteiger partial charge in [-0.1, -0.05) is 23.8 Å². The summed E-state index contributed by atoms with van der Waals surface area (Å²) in [5.41, 5.74) is 8.88. The summed E-state index contributed by atoms with van der Waals surface area (Å²) < 4.78 is 0. The van der Waals surface area contributed by atoms with Crippen LogP contribution in [0.15, 0.2) is 36.5 Å². The molecule has 0 radical (unpaired) electrons. The average molecular weight is 228 g/mol. The maximum atomic E-state index is 10.8. The fourth-order valence-corrected chi connectivity index (χ4v) is 1.63. The van der Waals surface area contributed by atoms with Crippen LogP contribution in [0.25, 0.3) is 11.3 Å². The highest BCUT2D eigenvalue weighted by Crippen LogP contribution is 2.24. The lowest BCUT2D eigenvalue weighted by Gasteiger charge is -2.06. The summed E-state index contributed by atoms with van der Waals surface area (Å²) in [4.78, 5) is 14.9. The van der Waals surface area contributed by atoms with Crippen molar-refractivity contribution in [2.45, 2.75) is 6.92 Å². The van der Waals surface area contributed by atoms with Crippen molar-refractivity contribution in [2.24, 2.45) is 0 Å². The lowest BCUT2D eigenvalue weighted by atomic mass is 10.1. The van der Waals surface area contributed by atoms with Gasteiger partial charge >= 0.3 is 5.97 Å². The number of hydrogen-bond acceptors (Lipinski definition) is 3. The summed E-state index contributed by atoms with van der Waals surface area (Å²) in [7, 11) is 0. The molecule has 1 heterocycles. The Bertz CT molecular complexity index is 579. The Hall–Kier alpha value is -2.36. The second-order valence-corrected chi connectivity index (χ2v) is 3.84. The first-order chi connectivity index (χ1) is 8.08. The Morgan fingerprint density at radius 2 is 2.12 bits per heavy atom. The summed E-state index contributed by atoms with van der Waals surface area (Å²) in [5.74, 6) is -1.03. The highest BCUT2D eigenvalue weighted by atomic mass is 16.4. The predicted octanol–water partition coefficient (Wildman–Crippen LogP) is 2.34. The number of anilines is 1. The van der Waals surface area contributed by atoms with E-state index in [1.807, 2.05) is 31.2 Å². The van der Waals surface area contributed by atoms with E-state index in [2.05, 4.69) is 4.98 Å². The van der Waals surface area contributed by atoms with E-state index in [9.17, 15) is 4.79 Å². The number of rotatable bonds is 2. The normalized spacial score (nSPS) is 10.2. The Balaban J connectivity index is 2.50. The molecule has 0 atom stereocenters. The van der Waals surface area contributed by atoms with Crippen molar-refractivity contribution >= 4 is 11.7 Å². The maximum absolute atomic E-state index is 10.8. The van der Waals surface area contributed by atoms with Gasteiger partial charge in [0.25, 0.3) is 0 Å². The molecule has 0 aliphatic heterocycles. The van der Waals surface area contributed by atoms with Crippen molar-refractivity contribution in [3.8, 4) is 11.3 Å². The topological polar surface area (TPSA) is 76.2 Å². The monoisotopic (exact) mass is 228 g/mol. The third-order valence-electron chi connectivity index (χ3n) is 2.46. The molecule has 0 saturated heterocycles.